The zero-order valence-corrected chi connectivity index (χ0v) is 14.1. The Labute approximate surface area is 148 Å². The number of nitrogens with one attached hydrogen (secondary N) is 3. The number of pyridine rings is 1. The van der Waals surface area contributed by atoms with Crippen molar-refractivity contribution in [2.24, 2.45) is 0 Å². The van der Waals surface area contributed by atoms with Crippen molar-refractivity contribution in [3.05, 3.63) is 76.2 Å². The Morgan fingerprint density at radius 2 is 1.96 bits per heavy atom. The number of methoxy groups -OCH3 is 1. The zero-order valence-electron chi connectivity index (χ0n) is 14.1. The highest BCUT2D eigenvalue weighted by Crippen LogP contribution is 2.21. The summed E-state index contributed by atoms with van der Waals surface area (Å²) in [4.78, 5) is 30.3. The van der Waals surface area contributed by atoms with E-state index in [1.54, 1.807) is 19.2 Å². The van der Waals surface area contributed by atoms with Gasteiger partial charge in [-0.3, -0.25) is 9.59 Å². The van der Waals surface area contributed by atoms with Crippen LogP contribution in [0.1, 0.15) is 15.9 Å². The molecule has 0 saturated carbocycles. The van der Waals surface area contributed by atoms with Gasteiger partial charge in [0.1, 0.15) is 0 Å². The van der Waals surface area contributed by atoms with Crippen LogP contribution in [-0.4, -0.2) is 23.0 Å². The molecule has 1 amide bonds. The molecular formula is C20H17N3O3. The third kappa shape index (κ3) is 2.98. The van der Waals surface area contributed by atoms with Gasteiger partial charge in [-0.25, -0.2) is 0 Å². The summed E-state index contributed by atoms with van der Waals surface area (Å²) < 4.78 is 5.15. The number of carbonyl (C=O) groups excluding carboxylic acids is 1. The molecular weight excluding hydrogens is 330 g/mol. The normalized spacial score (nSPS) is 11.1. The fourth-order valence-electron chi connectivity index (χ4n) is 3.08. The van der Waals surface area contributed by atoms with Crippen molar-refractivity contribution in [3.8, 4) is 0 Å². The fraction of sp³-hybridized carbons (Fsp3) is 0.100. The highest BCUT2D eigenvalue weighted by atomic mass is 16.5. The monoisotopic (exact) mass is 347 g/mol. The third-order valence-electron chi connectivity index (χ3n) is 4.30. The summed E-state index contributed by atoms with van der Waals surface area (Å²) in [5, 5.41) is 4.74. The van der Waals surface area contributed by atoms with Crippen molar-refractivity contribution in [1.29, 1.82) is 0 Å². The lowest BCUT2D eigenvalue weighted by Crippen LogP contribution is -2.12. The summed E-state index contributed by atoms with van der Waals surface area (Å²) in [7, 11) is 1.59. The quantitative estimate of drug-likeness (QED) is 0.529. The minimum Gasteiger partial charge on any atom is -0.380 e. The van der Waals surface area contributed by atoms with Gasteiger partial charge in [0.15, 0.2) is 0 Å². The first-order chi connectivity index (χ1) is 12.6. The van der Waals surface area contributed by atoms with Gasteiger partial charge in [-0.1, -0.05) is 6.07 Å². The van der Waals surface area contributed by atoms with E-state index in [4.69, 9.17) is 4.74 Å². The van der Waals surface area contributed by atoms with Crippen LogP contribution < -0.4 is 10.9 Å². The van der Waals surface area contributed by atoms with Crippen molar-refractivity contribution < 1.29 is 9.53 Å². The number of benzene rings is 2. The number of anilines is 1. The Morgan fingerprint density at radius 3 is 2.81 bits per heavy atom. The minimum atomic E-state index is -0.206. The van der Waals surface area contributed by atoms with Crippen LogP contribution in [-0.2, 0) is 11.3 Å². The lowest BCUT2D eigenvalue weighted by molar-refractivity contribution is 0.102. The third-order valence-corrected chi connectivity index (χ3v) is 4.30. The van der Waals surface area contributed by atoms with E-state index < -0.39 is 0 Å². The van der Waals surface area contributed by atoms with E-state index in [1.807, 2.05) is 36.5 Å². The van der Waals surface area contributed by atoms with Crippen LogP contribution in [0.2, 0.25) is 0 Å². The molecule has 0 bridgehead atoms. The lowest BCUT2D eigenvalue weighted by Gasteiger charge is -2.09. The molecule has 3 N–H and O–H groups in total. The topological polar surface area (TPSA) is 87.0 Å². The van der Waals surface area contributed by atoms with E-state index in [2.05, 4.69) is 15.3 Å². The van der Waals surface area contributed by atoms with Gasteiger partial charge >= 0.3 is 0 Å². The highest BCUT2D eigenvalue weighted by Gasteiger charge is 2.09. The molecule has 2 aromatic heterocycles. The Hall–Kier alpha value is -3.38. The molecule has 4 aromatic rings. The average Bonchev–Trinajstić information content (AvgIpc) is 3.09. The number of H-pyrrole nitrogens is 2. The molecule has 0 aliphatic carbocycles. The Bertz CT molecular complexity index is 1170. The number of aromatic amines is 2. The molecule has 0 saturated heterocycles. The first kappa shape index (κ1) is 16.1. The molecule has 0 aliphatic rings. The molecule has 26 heavy (non-hydrogen) atoms. The van der Waals surface area contributed by atoms with Crippen molar-refractivity contribution in [1.82, 2.24) is 9.97 Å². The molecule has 0 spiro atoms. The van der Waals surface area contributed by atoms with Gasteiger partial charge in [0.25, 0.3) is 5.91 Å². The molecule has 2 heterocycles. The predicted octanol–water partition coefficient (Wildman–Crippen LogP) is 3.41. The van der Waals surface area contributed by atoms with Crippen LogP contribution >= 0.6 is 0 Å². The minimum absolute atomic E-state index is 0.203. The second-order valence-electron chi connectivity index (χ2n) is 6.09. The van der Waals surface area contributed by atoms with Gasteiger partial charge in [0.05, 0.1) is 12.1 Å². The van der Waals surface area contributed by atoms with Crippen molar-refractivity contribution in [3.63, 3.8) is 0 Å². The fourth-order valence-corrected chi connectivity index (χ4v) is 3.08. The van der Waals surface area contributed by atoms with Crippen LogP contribution in [0.25, 0.3) is 21.8 Å². The summed E-state index contributed by atoms with van der Waals surface area (Å²) in [5.74, 6) is -0.206. The summed E-state index contributed by atoms with van der Waals surface area (Å²) in [6.07, 6.45) is 1.84. The second kappa shape index (κ2) is 6.50. The van der Waals surface area contributed by atoms with Crippen LogP contribution in [0.5, 0.6) is 0 Å². The Balaban J connectivity index is 1.66. The number of rotatable bonds is 4. The number of fused-ring (bicyclic) bond motifs is 2. The molecule has 0 atom stereocenters. The smallest absolute Gasteiger partial charge is 0.255 e. The van der Waals surface area contributed by atoms with Crippen LogP contribution in [0.3, 0.4) is 0 Å². The van der Waals surface area contributed by atoms with E-state index >= 15 is 0 Å². The Kier molecular flexibility index (Phi) is 4.02. The number of aromatic nitrogens is 2. The lowest BCUT2D eigenvalue weighted by atomic mass is 10.1. The van der Waals surface area contributed by atoms with E-state index in [-0.39, 0.29) is 11.5 Å². The summed E-state index contributed by atoms with van der Waals surface area (Å²) >= 11 is 0. The molecule has 2 aromatic carbocycles. The highest BCUT2D eigenvalue weighted by molar-refractivity contribution is 6.07. The maximum Gasteiger partial charge on any atom is 0.255 e. The summed E-state index contributed by atoms with van der Waals surface area (Å²) in [6.45, 7) is 0.350. The van der Waals surface area contributed by atoms with Gasteiger partial charge in [-0.2, -0.15) is 0 Å². The van der Waals surface area contributed by atoms with Gasteiger partial charge in [-0.05, 0) is 42.0 Å². The first-order valence-electron chi connectivity index (χ1n) is 8.17. The standard InChI is InChI=1S/C20H17N3O3/c1-26-11-14-9-19(24)23-18-10-15(3-4-16(14)18)22-20(25)13-2-5-17-12(8-13)6-7-21-17/h2-10,21H,11H2,1H3,(H,22,25)(H,23,24). The predicted molar refractivity (Wildman–Crippen MR) is 102 cm³/mol. The van der Waals surface area contributed by atoms with E-state index in [1.165, 1.54) is 6.07 Å². The SMILES string of the molecule is COCc1cc(=O)[nH]c2cc(NC(=O)c3ccc4[nH]ccc4c3)ccc12. The van der Waals surface area contributed by atoms with Gasteiger partial charge in [-0.15, -0.1) is 0 Å². The number of ether oxygens (including phenoxy) is 1. The van der Waals surface area contributed by atoms with E-state index in [0.717, 1.165) is 21.9 Å². The first-order valence-corrected chi connectivity index (χ1v) is 8.17. The molecule has 130 valence electrons. The largest absolute Gasteiger partial charge is 0.380 e. The van der Waals surface area contributed by atoms with Gasteiger partial charge < -0.3 is 20.0 Å². The summed E-state index contributed by atoms with van der Waals surface area (Å²) in [5.41, 5.74) is 3.42. The van der Waals surface area contributed by atoms with E-state index in [9.17, 15) is 9.59 Å². The van der Waals surface area contributed by atoms with Crippen LogP contribution in [0.15, 0.2) is 59.5 Å². The molecule has 4 rings (SSSR count). The van der Waals surface area contributed by atoms with Crippen molar-refractivity contribution >= 4 is 33.4 Å². The molecule has 0 radical (unpaired) electrons. The van der Waals surface area contributed by atoms with Gasteiger partial charge in [0, 0.05) is 46.9 Å². The second-order valence-corrected chi connectivity index (χ2v) is 6.09. The molecule has 0 unspecified atom stereocenters. The van der Waals surface area contributed by atoms with Crippen LogP contribution in [0.4, 0.5) is 5.69 Å². The summed E-state index contributed by atoms with van der Waals surface area (Å²) in [6, 6.07) is 14.4. The average molecular weight is 347 g/mol. The molecule has 0 aliphatic heterocycles. The number of amides is 1. The molecule has 6 nitrogen and oxygen atoms in total. The maximum absolute atomic E-state index is 12.5. The zero-order chi connectivity index (χ0) is 18.1. The van der Waals surface area contributed by atoms with Crippen molar-refractivity contribution in [2.75, 3.05) is 12.4 Å². The number of hydrogen-bond donors (Lipinski definition) is 3. The van der Waals surface area contributed by atoms with Crippen molar-refractivity contribution in [2.45, 2.75) is 6.61 Å². The number of carbonyl (C=O) groups is 1. The molecule has 6 heteroatoms. The Morgan fingerprint density at radius 1 is 1.08 bits per heavy atom. The van der Waals surface area contributed by atoms with Crippen LogP contribution in [0, 0.1) is 0 Å². The van der Waals surface area contributed by atoms with Gasteiger partial charge in [0.2, 0.25) is 5.56 Å². The molecule has 0 fully saturated rings. The maximum atomic E-state index is 12.5. The number of hydrogen-bond acceptors (Lipinski definition) is 3. The van der Waals surface area contributed by atoms with E-state index in [0.29, 0.717) is 23.4 Å².